The second kappa shape index (κ2) is 5.84. The summed E-state index contributed by atoms with van der Waals surface area (Å²) >= 11 is 0. The molecule has 2 N–H and O–H groups in total. The molecule has 0 aromatic rings. The van der Waals surface area contributed by atoms with E-state index in [1.807, 2.05) is 13.8 Å². The lowest BCUT2D eigenvalue weighted by molar-refractivity contribution is -0.142. The van der Waals surface area contributed by atoms with Crippen molar-refractivity contribution in [3.63, 3.8) is 0 Å². The molecule has 16 heavy (non-hydrogen) atoms. The highest BCUT2D eigenvalue weighted by Crippen LogP contribution is 2.19. The fourth-order valence-corrected chi connectivity index (χ4v) is 1.84. The first-order valence-corrected chi connectivity index (χ1v) is 5.69. The Bertz CT molecular complexity index is 267. The molecule has 1 fully saturated rings. The van der Waals surface area contributed by atoms with Crippen LogP contribution in [0.5, 0.6) is 0 Å². The van der Waals surface area contributed by atoms with Gasteiger partial charge in [-0.3, -0.25) is 4.79 Å². The number of nitrogens with one attached hydrogen (secondary N) is 1. The van der Waals surface area contributed by atoms with Gasteiger partial charge in [0.25, 0.3) is 0 Å². The smallest absolute Gasteiger partial charge is 0.326 e. The van der Waals surface area contributed by atoms with Crippen LogP contribution >= 0.6 is 0 Å². The minimum absolute atomic E-state index is 0.0882. The molecule has 0 aliphatic carbocycles. The molecule has 1 amide bonds. The van der Waals surface area contributed by atoms with Crippen LogP contribution in [0.15, 0.2) is 0 Å². The van der Waals surface area contributed by atoms with E-state index in [4.69, 9.17) is 9.84 Å². The lowest BCUT2D eigenvalue weighted by Gasteiger charge is -2.15. The summed E-state index contributed by atoms with van der Waals surface area (Å²) < 4.78 is 5.28. The molecule has 0 aromatic carbocycles. The SMILES string of the molecule is CCC[C@@H](NC(=O)C1COC(C)C1)C(=O)O. The lowest BCUT2D eigenvalue weighted by Crippen LogP contribution is -2.43. The molecule has 92 valence electrons. The molecular weight excluding hydrogens is 210 g/mol. The molecule has 1 aliphatic rings. The average molecular weight is 229 g/mol. The summed E-state index contributed by atoms with van der Waals surface area (Å²) in [5.74, 6) is -1.37. The fraction of sp³-hybridized carbons (Fsp3) is 0.818. The number of carbonyl (C=O) groups excluding carboxylic acids is 1. The topological polar surface area (TPSA) is 75.6 Å². The number of amides is 1. The van der Waals surface area contributed by atoms with Crippen LogP contribution in [0.3, 0.4) is 0 Å². The van der Waals surface area contributed by atoms with Gasteiger partial charge in [0.1, 0.15) is 6.04 Å². The number of aliphatic carboxylic acids is 1. The van der Waals surface area contributed by atoms with Crippen molar-refractivity contribution in [2.24, 2.45) is 5.92 Å². The zero-order valence-electron chi connectivity index (χ0n) is 9.73. The van der Waals surface area contributed by atoms with Gasteiger partial charge in [0.2, 0.25) is 5.91 Å². The van der Waals surface area contributed by atoms with Crippen molar-refractivity contribution in [3.8, 4) is 0 Å². The van der Waals surface area contributed by atoms with Gasteiger partial charge >= 0.3 is 5.97 Å². The maximum Gasteiger partial charge on any atom is 0.326 e. The normalized spacial score (nSPS) is 26.4. The molecule has 3 atom stereocenters. The van der Waals surface area contributed by atoms with Crippen LogP contribution in [0, 0.1) is 5.92 Å². The largest absolute Gasteiger partial charge is 0.480 e. The molecule has 1 heterocycles. The van der Waals surface area contributed by atoms with Crippen LogP contribution in [0.4, 0.5) is 0 Å². The Hall–Kier alpha value is -1.10. The third-order valence-corrected chi connectivity index (χ3v) is 2.76. The van der Waals surface area contributed by atoms with Gasteiger partial charge in [0, 0.05) is 0 Å². The Morgan fingerprint density at radius 1 is 1.56 bits per heavy atom. The predicted molar refractivity (Wildman–Crippen MR) is 58.0 cm³/mol. The zero-order chi connectivity index (χ0) is 12.1. The molecule has 5 nitrogen and oxygen atoms in total. The number of rotatable bonds is 5. The highest BCUT2D eigenvalue weighted by atomic mass is 16.5. The van der Waals surface area contributed by atoms with Gasteiger partial charge in [-0.05, 0) is 19.8 Å². The maximum atomic E-state index is 11.7. The summed E-state index contributed by atoms with van der Waals surface area (Å²) in [4.78, 5) is 22.6. The van der Waals surface area contributed by atoms with Crippen molar-refractivity contribution in [1.29, 1.82) is 0 Å². The number of carbonyl (C=O) groups is 2. The van der Waals surface area contributed by atoms with E-state index < -0.39 is 12.0 Å². The van der Waals surface area contributed by atoms with Gasteiger partial charge in [-0.15, -0.1) is 0 Å². The van der Waals surface area contributed by atoms with Crippen LogP contribution in [-0.4, -0.2) is 35.7 Å². The third-order valence-electron chi connectivity index (χ3n) is 2.76. The van der Waals surface area contributed by atoms with Crippen LogP contribution in [0.1, 0.15) is 33.1 Å². The van der Waals surface area contributed by atoms with Crippen molar-refractivity contribution >= 4 is 11.9 Å². The molecule has 0 saturated carbocycles. The second-order valence-corrected chi connectivity index (χ2v) is 4.26. The van der Waals surface area contributed by atoms with Crippen LogP contribution in [-0.2, 0) is 14.3 Å². The Labute approximate surface area is 95.2 Å². The van der Waals surface area contributed by atoms with E-state index in [9.17, 15) is 9.59 Å². The van der Waals surface area contributed by atoms with Crippen LogP contribution in [0.2, 0.25) is 0 Å². The maximum absolute atomic E-state index is 11.7. The number of hydrogen-bond donors (Lipinski definition) is 2. The van der Waals surface area contributed by atoms with Crippen molar-refractivity contribution in [3.05, 3.63) is 0 Å². The van der Waals surface area contributed by atoms with Gasteiger partial charge in [-0.25, -0.2) is 4.79 Å². The molecule has 1 aliphatic heterocycles. The lowest BCUT2D eigenvalue weighted by atomic mass is 10.0. The molecule has 2 unspecified atom stereocenters. The highest BCUT2D eigenvalue weighted by Gasteiger charge is 2.30. The van der Waals surface area contributed by atoms with Gasteiger partial charge < -0.3 is 15.2 Å². The predicted octanol–water partition coefficient (Wildman–Crippen LogP) is 0.781. The molecule has 0 radical (unpaired) electrons. The van der Waals surface area contributed by atoms with E-state index in [1.54, 1.807) is 0 Å². The Morgan fingerprint density at radius 3 is 2.69 bits per heavy atom. The van der Waals surface area contributed by atoms with Crippen LogP contribution < -0.4 is 5.32 Å². The fourth-order valence-electron chi connectivity index (χ4n) is 1.84. The number of carboxylic acids is 1. The molecule has 1 rings (SSSR count). The Kier molecular flexibility index (Phi) is 4.73. The van der Waals surface area contributed by atoms with E-state index in [1.165, 1.54) is 0 Å². The van der Waals surface area contributed by atoms with Gasteiger partial charge in [-0.1, -0.05) is 13.3 Å². The summed E-state index contributed by atoms with van der Waals surface area (Å²) in [5.41, 5.74) is 0. The van der Waals surface area contributed by atoms with E-state index in [0.717, 1.165) is 6.42 Å². The van der Waals surface area contributed by atoms with Crippen molar-refractivity contribution in [1.82, 2.24) is 5.32 Å². The van der Waals surface area contributed by atoms with Gasteiger partial charge in [0.05, 0.1) is 18.6 Å². The summed E-state index contributed by atoms with van der Waals surface area (Å²) in [6.45, 7) is 4.20. The molecular formula is C11H19NO4. The van der Waals surface area contributed by atoms with E-state index in [2.05, 4.69) is 5.32 Å². The van der Waals surface area contributed by atoms with E-state index in [0.29, 0.717) is 19.4 Å². The number of carboxylic acid groups (broad SMARTS) is 1. The van der Waals surface area contributed by atoms with Crippen molar-refractivity contribution < 1.29 is 19.4 Å². The standard InChI is InChI=1S/C11H19NO4/c1-3-4-9(11(14)15)12-10(13)8-5-7(2)16-6-8/h7-9H,3-6H2,1-2H3,(H,12,13)(H,14,15)/t7?,8?,9-/m1/s1. The summed E-state index contributed by atoms with van der Waals surface area (Å²) in [7, 11) is 0. The average Bonchev–Trinajstić information content (AvgIpc) is 2.64. The quantitative estimate of drug-likeness (QED) is 0.730. The minimum atomic E-state index is -0.970. The first kappa shape index (κ1) is 13.0. The molecule has 0 bridgehead atoms. The van der Waals surface area contributed by atoms with Gasteiger partial charge in [-0.2, -0.15) is 0 Å². The molecule has 0 aromatic heterocycles. The third kappa shape index (κ3) is 3.48. The molecule has 1 saturated heterocycles. The Balaban J connectivity index is 2.45. The second-order valence-electron chi connectivity index (χ2n) is 4.26. The van der Waals surface area contributed by atoms with Crippen LogP contribution in [0.25, 0.3) is 0 Å². The highest BCUT2D eigenvalue weighted by molar-refractivity contribution is 5.85. The summed E-state index contributed by atoms with van der Waals surface area (Å²) in [5, 5.41) is 11.5. The monoisotopic (exact) mass is 229 g/mol. The van der Waals surface area contributed by atoms with Crippen molar-refractivity contribution in [2.75, 3.05) is 6.61 Å². The molecule has 5 heteroatoms. The minimum Gasteiger partial charge on any atom is -0.480 e. The summed E-state index contributed by atoms with van der Waals surface area (Å²) in [6, 6.07) is -0.770. The van der Waals surface area contributed by atoms with Gasteiger partial charge in [0.15, 0.2) is 0 Å². The van der Waals surface area contributed by atoms with E-state index >= 15 is 0 Å². The van der Waals surface area contributed by atoms with Crippen molar-refractivity contribution in [2.45, 2.75) is 45.3 Å². The first-order chi connectivity index (χ1) is 7.54. The first-order valence-electron chi connectivity index (χ1n) is 5.69. The number of ether oxygens (including phenoxy) is 1. The Morgan fingerprint density at radius 2 is 2.25 bits per heavy atom. The summed E-state index contributed by atoms with van der Waals surface area (Å²) in [6.07, 6.45) is 1.95. The zero-order valence-corrected chi connectivity index (χ0v) is 9.73. The number of hydrogen-bond acceptors (Lipinski definition) is 3. The van der Waals surface area contributed by atoms with E-state index in [-0.39, 0.29) is 17.9 Å². The molecule has 0 spiro atoms.